The molecule has 2 radical (unpaired) electrons. The van der Waals surface area contributed by atoms with Gasteiger partial charge in [-0.05, 0) is 59.3 Å². The number of hydrogen-bond acceptors (Lipinski definition) is 0. The zero-order chi connectivity index (χ0) is 35.9. The van der Waals surface area contributed by atoms with Crippen molar-refractivity contribution in [1.29, 1.82) is 0 Å². The minimum absolute atomic E-state index is 0.577. The van der Waals surface area contributed by atoms with Crippen LogP contribution < -0.4 is 0 Å². The van der Waals surface area contributed by atoms with Crippen LogP contribution in [0.5, 0.6) is 0 Å². The maximum atomic E-state index is 4.93. The van der Waals surface area contributed by atoms with Crippen molar-refractivity contribution in [2.75, 3.05) is 0 Å². The van der Waals surface area contributed by atoms with Crippen molar-refractivity contribution in [2.45, 2.75) is 98.6 Å². The fraction of sp³-hybridized carbons (Fsp3) is 0.333. The predicted molar refractivity (Wildman–Crippen MR) is 220 cm³/mol. The SMILES string of the molecule is CCC(C)c1ccc(-c2cccc3[cH-]c(C(C)C)cc23)cc1.CCc1cc2c(-c3ccc(C(C)CC)cc3)cccc2[cH-]1.C[Si]C.[Cl][Zr+2][Cl]. The van der Waals surface area contributed by atoms with Gasteiger partial charge in [0.05, 0.1) is 0 Å². The Kier molecular flexibility index (Phi) is 17.8. The topological polar surface area (TPSA) is 0 Å². The first-order chi connectivity index (χ1) is 23.6. The van der Waals surface area contributed by atoms with Crippen LogP contribution >= 0.6 is 17.0 Å². The van der Waals surface area contributed by atoms with Gasteiger partial charge in [-0.25, -0.2) is 0 Å². The number of halogens is 2. The zero-order valence-corrected chi connectivity index (χ0v) is 36.0. The molecule has 0 saturated carbocycles. The molecule has 0 aliphatic rings. The molecule has 4 heteroatoms. The Morgan fingerprint density at radius 1 is 0.612 bits per heavy atom. The number of hydrogen-bond donors (Lipinski definition) is 0. The first-order valence-electron chi connectivity index (χ1n) is 17.8. The van der Waals surface area contributed by atoms with Gasteiger partial charge in [-0.2, -0.15) is 12.1 Å². The fourth-order valence-corrected chi connectivity index (χ4v) is 6.05. The molecular formula is C45H54Cl2SiZr. The molecule has 2 unspecified atom stereocenters. The quantitative estimate of drug-likeness (QED) is 0.107. The van der Waals surface area contributed by atoms with Crippen LogP contribution in [0.15, 0.2) is 109 Å². The molecule has 0 amide bonds. The third kappa shape index (κ3) is 11.4. The van der Waals surface area contributed by atoms with Gasteiger partial charge in [-0.15, -0.1) is 69.1 Å². The van der Waals surface area contributed by atoms with Crippen molar-refractivity contribution >= 4 is 48.1 Å². The first kappa shape index (κ1) is 41.2. The Balaban J connectivity index is 0.000000229. The van der Waals surface area contributed by atoms with Gasteiger partial charge >= 0.3 is 37.9 Å². The molecule has 0 nitrogen and oxygen atoms in total. The molecule has 49 heavy (non-hydrogen) atoms. The van der Waals surface area contributed by atoms with Gasteiger partial charge in [0, 0.05) is 9.52 Å². The minimum atomic E-state index is -0.826. The summed E-state index contributed by atoms with van der Waals surface area (Å²) in [7, 11) is 11.0. The van der Waals surface area contributed by atoms with Crippen LogP contribution in [-0.2, 0) is 27.3 Å². The molecule has 0 aromatic heterocycles. The van der Waals surface area contributed by atoms with Crippen LogP contribution in [0.4, 0.5) is 0 Å². The van der Waals surface area contributed by atoms with Crippen LogP contribution in [0, 0.1) is 0 Å². The van der Waals surface area contributed by atoms with Gasteiger partial charge in [0.25, 0.3) is 0 Å². The fourth-order valence-electron chi connectivity index (χ4n) is 6.05. The zero-order valence-electron chi connectivity index (χ0n) is 31.0. The summed E-state index contributed by atoms with van der Waals surface area (Å²) >= 11 is -0.826. The molecule has 256 valence electrons. The van der Waals surface area contributed by atoms with E-state index in [1.807, 2.05) is 0 Å². The van der Waals surface area contributed by atoms with Crippen molar-refractivity contribution in [3.63, 3.8) is 0 Å². The second-order valence-corrected chi connectivity index (χ2v) is 17.9. The normalized spacial score (nSPS) is 11.8. The van der Waals surface area contributed by atoms with Gasteiger partial charge < -0.3 is 0 Å². The van der Waals surface area contributed by atoms with Crippen molar-refractivity contribution < 1.29 is 20.8 Å². The van der Waals surface area contributed by atoms with Gasteiger partial charge in [-0.3, -0.25) is 0 Å². The monoisotopic (exact) mass is 782 g/mol. The van der Waals surface area contributed by atoms with Crippen LogP contribution in [0.25, 0.3) is 43.8 Å². The average Bonchev–Trinajstić information content (AvgIpc) is 3.77. The van der Waals surface area contributed by atoms with Crippen LogP contribution in [-0.4, -0.2) is 9.52 Å². The Hall–Kier alpha value is -2.22. The van der Waals surface area contributed by atoms with E-state index in [0.29, 0.717) is 17.8 Å². The van der Waals surface area contributed by atoms with E-state index < -0.39 is 20.8 Å². The number of rotatable bonds is 8. The second kappa shape index (κ2) is 21.2. The van der Waals surface area contributed by atoms with E-state index in [2.05, 4.69) is 171 Å². The molecule has 6 aromatic rings. The Labute approximate surface area is 318 Å². The van der Waals surface area contributed by atoms with E-state index in [9.17, 15) is 0 Å². The van der Waals surface area contributed by atoms with E-state index in [1.165, 1.54) is 78.9 Å². The number of fused-ring (bicyclic) bond motifs is 2. The average molecular weight is 785 g/mol. The number of aryl methyl sites for hydroxylation is 1. The van der Waals surface area contributed by atoms with Gasteiger partial charge in [0.2, 0.25) is 0 Å². The molecule has 6 aromatic carbocycles. The molecule has 0 spiro atoms. The summed E-state index contributed by atoms with van der Waals surface area (Å²) in [4.78, 5) is 0. The third-order valence-electron chi connectivity index (χ3n) is 9.46. The molecule has 2 atom stereocenters. The summed E-state index contributed by atoms with van der Waals surface area (Å²) in [5.74, 6) is 1.85. The Bertz CT molecular complexity index is 1810. The van der Waals surface area contributed by atoms with Crippen molar-refractivity contribution in [3.05, 3.63) is 131 Å². The molecule has 0 aliphatic carbocycles. The summed E-state index contributed by atoms with van der Waals surface area (Å²) < 4.78 is 0. The molecule has 0 N–H and O–H groups in total. The summed E-state index contributed by atoms with van der Waals surface area (Å²) in [6.45, 7) is 20.1. The van der Waals surface area contributed by atoms with Crippen molar-refractivity contribution in [3.8, 4) is 22.3 Å². The van der Waals surface area contributed by atoms with E-state index >= 15 is 0 Å². The van der Waals surface area contributed by atoms with Crippen LogP contribution in [0.3, 0.4) is 0 Å². The molecule has 0 heterocycles. The molecule has 0 aliphatic heterocycles. The van der Waals surface area contributed by atoms with Crippen molar-refractivity contribution in [1.82, 2.24) is 0 Å². The van der Waals surface area contributed by atoms with Gasteiger partial charge in [0.15, 0.2) is 0 Å². The Morgan fingerprint density at radius 3 is 1.41 bits per heavy atom. The van der Waals surface area contributed by atoms with Crippen molar-refractivity contribution in [2.24, 2.45) is 0 Å². The first-order valence-corrected chi connectivity index (χ1v) is 26.1. The maximum absolute atomic E-state index is 4.93. The molecule has 0 bridgehead atoms. The molecule has 0 saturated heterocycles. The van der Waals surface area contributed by atoms with Crippen LogP contribution in [0.2, 0.25) is 13.1 Å². The standard InChI is InChI=1S/C22H25.C21H23.C2H6Si.2ClH.Zr/c1-5-16(4)17-9-11-18(12-10-17)21-8-6-7-19-13-20(15(2)3)14-22(19)21;1-4-15(3)17-9-11-18(12-10-17)20-8-6-7-19-13-16(5-2)14-21(19)20;1-3-2;;;/h6-16H,5H2,1-4H3;6-15H,4-5H2,1-3H3;1-2H3;2*1H;/q2*-1;;;;+4/p-2. The van der Waals surface area contributed by atoms with E-state index in [4.69, 9.17) is 17.0 Å². The Morgan fingerprint density at radius 2 is 1.02 bits per heavy atom. The van der Waals surface area contributed by atoms with Gasteiger partial charge in [0.1, 0.15) is 0 Å². The molecule has 0 fully saturated rings. The molecular weight excluding hydrogens is 731 g/mol. The molecule has 6 rings (SSSR count). The van der Waals surface area contributed by atoms with Crippen LogP contribution in [0.1, 0.15) is 101 Å². The summed E-state index contributed by atoms with van der Waals surface area (Å²) in [5, 5.41) is 5.47. The number of benzene rings is 4. The van der Waals surface area contributed by atoms with E-state index in [1.54, 1.807) is 0 Å². The van der Waals surface area contributed by atoms with Gasteiger partial charge in [-0.1, -0.05) is 133 Å². The van der Waals surface area contributed by atoms with E-state index in [-0.39, 0.29) is 0 Å². The summed E-state index contributed by atoms with van der Waals surface area (Å²) in [5.41, 5.74) is 11.1. The summed E-state index contributed by atoms with van der Waals surface area (Å²) in [6.07, 6.45) is 3.48. The summed E-state index contributed by atoms with van der Waals surface area (Å²) in [6, 6.07) is 40.8. The third-order valence-corrected chi connectivity index (χ3v) is 9.46. The predicted octanol–water partition coefficient (Wildman–Crippen LogP) is 15.3. The van der Waals surface area contributed by atoms with E-state index in [0.717, 1.165) is 15.9 Å². The second-order valence-electron chi connectivity index (χ2n) is 13.2.